The monoisotopic (exact) mass is 312 g/mol. The van der Waals surface area contributed by atoms with Crippen LogP contribution in [0.2, 0.25) is 0 Å². The molecule has 4 nitrogen and oxygen atoms in total. The van der Waals surface area contributed by atoms with Crippen LogP contribution < -0.4 is 9.80 Å². The molecule has 0 aromatic rings. The van der Waals surface area contributed by atoms with E-state index in [-0.39, 0.29) is 23.1 Å². The van der Waals surface area contributed by atoms with Crippen molar-refractivity contribution < 1.29 is 9.80 Å². The Hall–Kier alpha value is 0.606. The third kappa shape index (κ3) is 25.9. The summed E-state index contributed by atoms with van der Waals surface area (Å²) in [5.74, 6) is 0. The van der Waals surface area contributed by atoms with E-state index in [2.05, 4.69) is 66.5 Å². The molecule has 0 bridgehead atoms. The summed E-state index contributed by atoms with van der Waals surface area (Å²) in [6, 6.07) is 1.11. The van der Waals surface area contributed by atoms with Crippen LogP contribution in [-0.4, -0.2) is 89.5 Å². The fourth-order valence-corrected chi connectivity index (χ4v) is 1.28. The number of rotatable bonds is 10. The molecule has 0 aromatic carbocycles. The normalized spacial score (nSPS) is 13.4. The van der Waals surface area contributed by atoms with E-state index in [9.17, 15) is 0 Å². The molecule has 0 heterocycles. The van der Waals surface area contributed by atoms with E-state index in [4.69, 9.17) is 0 Å². The molecule has 2 N–H and O–H groups in total. The van der Waals surface area contributed by atoms with Crippen molar-refractivity contribution in [2.24, 2.45) is 0 Å². The Labute approximate surface area is 150 Å². The van der Waals surface area contributed by atoms with Crippen molar-refractivity contribution in [2.75, 3.05) is 54.4 Å². The molecule has 5 heteroatoms. The van der Waals surface area contributed by atoms with Gasteiger partial charge in [-0.15, -0.1) is 12.1 Å². The molecular formula is C16H40MgN4+2. The topological polar surface area (TPSA) is 37.1 Å². The maximum atomic E-state index is 4.46. The van der Waals surface area contributed by atoms with Crippen molar-refractivity contribution in [2.45, 2.75) is 52.6 Å². The number of hydrogen-bond acceptors (Lipinski definition) is 0. The van der Waals surface area contributed by atoms with E-state index in [1.165, 1.54) is 22.6 Å². The molecule has 2 atom stereocenters. The quantitative estimate of drug-likeness (QED) is 0.542. The Morgan fingerprint density at radius 1 is 0.714 bits per heavy atom. The van der Waals surface area contributed by atoms with Gasteiger partial charge in [-0.05, 0) is 0 Å². The van der Waals surface area contributed by atoms with Crippen molar-refractivity contribution in [3.8, 4) is 0 Å². The molecule has 0 aliphatic rings. The first-order valence-electron chi connectivity index (χ1n) is 8.24. The third-order valence-corrected chi connectivity index (χ3v) is 3.29. The molecular weight excluding hydrogens is 273 g/mol. The second kappa shape index (κ2) is 18.7. The molecule has 0 spiro atoms. The minimum Gasteiger partial charge on any atom is -0.655 e. The molecule has 124 valence electrons. The molecule has 0 radical (unpaired) electrons. The first kappa shape index (κ1) is 26.5. The first-order valence-corrected chi connectivity index (χ1v) is 8.24. The largest absolute Gasteiger partial charge is 2.00 e. The second-order valence-electron chi connectivity index (χ2n) is 6.24. The van der Waals surface area contributed by atoms with Crippen molar-refractivity contribution >= 4 is 23.1 Å². The standard InChI is InChI=1S/2C8H19N2.Mg/c2*1-5-8(2)9-6-7-10(3)4;/h2*8H,5-7H2,1-4H3;/q2*-1;+2/p+2. The maximum Gasteiger partial charge on any atom is 2.00 e. The average Bonchev–Trinajstić information content (AvgIpc) is 2.38. The van der Waals surface area contributed by atoms with Gasteiger partial charge in [0.1, 0.15) is 0 Å². The first-order chi connectivity index (χ1) is 9.33. The van der Waals surface area contributed by atoms with Gasteiger partial charge in [-0.1, -0.05) is 53.6 Å². The summed E-state index contributed by atoms with van der Waals surface area (Å²) in [5, 5.41) is 8.92. The smallest absolute Gasteiger partial charge is 0.655 e. The molecule has 0 aliphatic carbocycles. The number of quaternary nitrogens is 2. The molecule has 21 heavy (non-hydrogen) atoms. The van der Waals surface area contributed by atoms with E-state index in [0.29, 0.717) is 12.1 Å². The van der Waals surface area contributed by atoms with Crippen LogP contribution in [-0.2, 0) is 0 Å². The van der Waals surface area contributed by atoms with Gasteiger partial charge in [0.25, 0.3) is 0 Å². The minimum absolute atomic E-state index is 0. The van der Waals surface area contributed by atoms with Gasteiger partial charge in [0.05, 0.1) is 41.3 Å². The summed E-state index contributed by atoms with van der Waals surface area (Å²) >= 11 is 0. The van der Waals surface area contributed by atoms with E-state index in [1.54, 1.807) is 0 Å². The Bertz CT molecular complexity index is 169. The summed E-state index contributed by atoms with van der Waals surface area (Å²) in [4.78, 5) is 2.96. The number of nitrogens with zero attached hydrogens (tertiary/aromatic N) is 2. The van der Waals surface area contributed by atoms with Gasteiger partial charge < -0.3 is 20.4 Å². The van der Waals surface area contributed by atoms with Crippen LogP contribution in [0.25, 0.3) is 10.6 Å². The van der Waals surface area contributed by atoms with Gasteiger partial charge in [-0.3, -0.25) is 0 Å². The number of likely N-dealkylation sites (N-methyl/N-ethyl adjacent to an activating group) is 2. The second-order valence-corrected chi connectivity index (χ2v) is 6.24. The van der Waals surface area contributed by atoms with Crippen LogP contribution in [0.3, 0.4) is 0 Å². The van der Waals surface area contributed by atoms with E-state index < -0.39 is 0 Å². The third-order valence-electron chi connectivity index (χ3n) is 3.29. The zero-order valence-corrected chi connectivity index (χ0v) is 17.4. The molecule has 2 unspecified atom stereocenters. The molecule has 0 aliphatic heterocycles. The SMILES string of the molecule is CCC(C)[N-]CC[NH+](C)C.CCC(C)[N-]CC[NH+](C)C.[Mg+2]. The zero-order valence-electron chi connectivity index (χ0n) is 16.0. The van der Waals surface area contributed by atoms with Crippen molar-refractivity contribution in [1.82, 2.24) is 0 Å². The van der Waals surface area contributed by atoms with Gasteiger partial charge in [-0.2, -0.15) is 0 Å². The molecule has 0 saturated heterocycles. The van der Waals surface area contributed by atoms with Crippen molar-refractivity contribution in [1.29, 1.82) is 0 Å². The van der Waals surface area contributed by atoms with Crippen LogP contribution in [0, 0.1) is 0 Å². The van der Waals surface area contributed by atoms with Crippen LogP contribution in [0.4, 0.5) is 0 Å². The van der Waals surface area contributed by atoms with Crippen LogP contribution >= 0.6 is 0 Å². The van der Waals surface area contributed by atoms with Gasteiger partial charge in [0.2, 0.25) is 0 Å². The fraction of sp³-hybridized carbons (Fsp3) is 1.00. The average molecular weight is 313 g/mol. The Morgan fingerprint density at radius 2 is 1.00 bits per heavy atom. The Kier molecular flexibility index (Phi) is 23.5. The zero-order chi connectivity index (χ0) is 16.0. The summed E-state index contributed by atoms with van der Waals surface area (Å²) in [6.07, 6.45) is 2.34. The number of hydrogen-bond donors (Lipinski definition) is 2. The number of nitrogens with one attached hydrogen (secondary N) is 2. The van der Waals surface area contributed by atoms with Crippen LogP contribution in [0.15, 0.2) is 0 Å². The van der Waals surface area contributed by atoms with E-state index in [0.717, 1.165) is 26.2 Å². The summed E-state index contributed by atoms with van der Waals surface area (Å²) in [7, 11) is 8.64. The Balaban J connectivity index is -0.000000295. The molecule has 0 fully saturated rings. The fourth-order valence-electron chi connectivity index (χ4n) is 1.28. The van der Waals surface area contributed by atoms with Crippen LogP contribution in [0.1, 0.15) is 40.5 Å². The summed E-state index contributed by atoms with van der Waals surface area (Å²) < 4.78 is 0. The maximum absolute atomic E-state index is 4.46. The van der Waals surface area contributed by atoms with Gasteiger partial charge in [0.15, 0.2) is 0 Å². The Morgan fingerprint density at radius 3 is 1.19 bits per heavy atom. The van der Waals surface area contributed by atoms with Crippen molar-refractivity contribution in [3.05, 3.63) is 10.6 Å². The van der Waals surface area contributed by atoms with Crippen molar-refractivity contribution in [3.63, 3.8) is 0 Å². The summed E-state index contributed by atoms with van der Waals surface area (Å²) in [6.45, 7) is 13.0. The summed E-state index contributed by atoms with van der Waals surface area (Å²) in [5.41, 5.74) is 0. The molecule has 0 aromatic heterocycles. The minimum atomic E-state index is 0. The molecule has 0 amide bonds. The molecule has 0 saturated carbocycles. The molecule has 0 rings (SSSR count). The van der Waals surface area contributed by atoms with E-state index >= 15 is 0 Å². The van der Waals surface area contributed by atoms with Crippen LogP contribution in [0.5, 0.6) is 0 Å². The van der Waals surface area contributed by atoms with E-state index in [1.807, 2.05) is 0 Å². The van der Waals surface area contributed by atoms with Gasteiger partial charge in [0, 0.05) is 0 Å². The predicted molar refractivity (Wildman–Crippen MR) is 97.1 cm³/mol. The van der Waals surface area contributed by atoms with Gasteiger partial charge in [-0.25, -0.2) is 0 Å². The van der Waals surface area contributed by atoms with Gasteiger partial charge >= 0.3 is 23.1 Å². The predicted octanol–water partition coefficient (Wildman–Crippen LogP) is 0.225.